The molecule has 0 radical (unpaired) electrons. The van der Waals surface area contributed by atoms with Gasteiger partial charge in [0, 0.05) is 24.0 Å². The van der Waals surface area contributed by atoms with Gasteiger partial charge in [-0.25, -0.2) is 4.98 Å². The molecule has 3 aromatic rings. The molecule has 7 nitrogen and oxygen atoms in total. The number of carbonyl (C=O) groups excluding carboxylic acids is 2. The van der Waals surface area contributed by atoms with Crippen LogP contribution in [-0.4, -0.2) is 29.0 Å². The molecule has 0 saturated heterocycles. The van der Waals surface area contributed by atoms with E-state index >= 15 is 0 Å². The van der Waals surface area contributed by atoms with E-state index in [1.807, 2.05) is 13.8 Å². The monoisotopic (exact) mass is 352 g/mol. The van der Waals surface area contributed by atoms with E-state index in [2.05, 4.69) is 20.8 Å². The molecule has 2 N–H and O–H groups in total. The Bertz CT molecular complexity index is 974. The Kier molecular flexibility index (Phi) is 4.71. The number of fused-ring (bicyclic) bond motifs is 1. The van der Waals surface area contributed by atoms with E-state index in [-0.39, 0.29) is 17.7 Å². The second-order valence-corrected chi connectivity index (χ2v) is 6.31. The second-order valence-electron chi connectivity index (χ2n) is 6.31. The summed E-state index contributed by atoms with van der Waals surface area (Å²) in [5.74, 6) is -0.318. The summed E-state index contributed by atoms with van der Waals surface area (Å²) in [5.41, 5.74) is 3.31. The zero-order chi connectivity index (χ0) is 18.8. The van der Waals surface area contributed by atoms with E-state index < -0.39 is 0 Å². The van der Waals surface area contributed by atoms with Crippen LogP contribution in [0.1, 0.15) is 51.9 Å². The molecule has 2 amide bonds. The Morgan fingerprint density at radius 2 is 1.81 bits per heavy atom. The summed E-state index contributed by atoms with van der Waals surface area (Å²) in [6.45, 7) is 5.77. The normalized spacial score (nSPS) is 11.0. The molecular formula is C19H20N4O3. The predicted octanol–water partition coefficient (Wildman–Crippen LogP) is 3.27. The van der Waals surface area contributed by atoms with E-state index in [4.69, 9.17) is 4.52 Å². The first kappa shape index (κ1) is 17.6. The molecule has 0 spiro atoms. The highest BCUT2D eigenvalue weighted by atomic mass is 16.5. The maximum Gasteiger partial charge on any atom is 0.259 e. The van der Waals surface area contributed by atoms with Gasteiger partial charge in [0.1, 0.15) is 0 Å². The van der Waals surface area contributed by atoms with Crippen LogP contribution in [-0.2, 0) is 0 Å². The summed E-state index contributed by atoms with van der Waals surface area (Å²) >= 11 is 0. The highest BCUT2D eigenvalue weighted by Crippen LogP contribution is 2.26. The van der Waals surface area contributed by atoms with Crippen molar-refractivity contribution in [1.82, 2.24) is 15.5 Å². The maximum atomic E-state index is 12.8. The van der Waals surface area contributed by atoms with E-state index in [1.54, 1.807) is 44.3 Å². The number of nitrogens with zero attached hydrogens (tertiary/aromatic N) is 2. The lowest BCUT2D eigenvalue weighted by atomic mass is 10.0. The zero-order valence-corrected chi connectivity index (χ0v) is 15.1. The van der Waals surface area contributed by atoms with E-state index in [1.165, 1.54) is 0 Å². The van der Waals surface area contributed by atoms with Gasteiger partial charge in [-0.3, -0.25) is 9.59 Å². The van der Waals surface area contributed by atoms with Crippen LogP contribution in [0.4, 0.5) is 5.69 Å². The molecule has 0 bridgehead atoms. The third kappa shape index (κ3) is 3.28. The van der Waals surface area contributed by atoms with Crippen LogP contribution >= 0.6 is 0 Å². The number of amides is 2. The Labute approximate surface area is 150 Å². The largest absolute Gasteiger partial charge is 0.355 e. The van der Waals surface area contributed by atoms with Crippen molar-refractivity contribution < 1.29 is 14.1 Å². The van der Waals surface area contributed by atoms with Crippen LogP contribution < -0.4 is 10.6 Å². The summed E-state index contributed by atoms with van der Waals surface area (Å²) in [5, 5.41) is 9.94. The van der Waals surface area contributed by atoms with Crippen LogP contribution in [0.2, 0.25) is 0 Å². The molecular weight excluding hydrogens is 332 g/mol. The molecule has 2 aromatic heterocycles. The van der Waals surface area contributed by atoms with Crippen molar-refractivity contribution in [3.63, 3.8) is 0 Å². The highest BCUT2D eigenvalue weighted by Gasteiger charge is 2.20. The first-order valence-electron chi connectivity index (χ1n) is 8.31. The van der Waals surface area contributed by atoms with E-state index in [9.17, 15) is 9.59 Å². The number of hydrogen-bond donors (Lipinski definition) is 2. The van der Waals surface area contributed by atoms with Crippen LogP contribution in [0.3, 0.4) is 0 Å². The van der Waals surface area contributed by atoms with Crippen LogP contribution in [0.25, 0.3) is 11.1 Å². The van der Waals surface area contributed by atoms with Crippen LogP contribution in [0.15, 0.2) is 34.9 Å². The number of nitrogens with one attached hydrogen (secondary N) is 2. The van der Waals surface area contributed by atoms with E-state index in [0.717, 1.165) is 5.69 Å². The predicted molar refractivity (Wildman–Crippen MR) is 98.4 cm³/mol. The third-order valence-electron chi connectivity index (χ3n) is 4.11. The number of anilines is 1. The van der Waals surface area contributed by atoms with Crippen LogP contribution in [0, 0.1) is 6.92 Å². The van der Waals surface area contributed by atoms with Crippen molar-refractivity contribution >= 4 is 28.6 Å². The lowest BCUT2D eigenvalue weighted by Crippen LogP contribution is -2.18. The number of aryl methyl sites for hydroxylation is 1. The summed E-state index contributed by atoms with van der Waals surface area (Å²) in [7, 11) is 1.57. The number of benzene rings is 1. The van der Waals surface area contributed by atoms with E-state index in [0.29, 0.717) is 33.6 Å². The Balaban J connectivity index is 1.94. The number of pyridine rings is 1. The van der Waals surface area contributed by atoms with Gasteiger partial charge in [0.15, 0.2) is 0 Å². The van der Waals surface area contributed by atoms with Crippen molar-refractivity contribution in [2.24, 2.45) is 0 Å². The molecule has 3 rings (SSSR count). The molecule has 0 fully saturated rings. The fourth-order valence-electron chi connectivity index (χ4n) is 2.64. The van der Waals surface area contributed by atoms with Crippen LogP contribution in [0.5, 0.6) is 0 Å². The smallest absolute Gasteiger partial charge is 0.259 e. The zero-order valence-electron chi connectivity index (χ0n) is 15.1. The molecule has 134 valence electrons. The van der Waals surface area contributed by atoms with Gasteiger partial charge < -0.3 is 15.2 Å². The van der Waals surface area contributed by atoms with Crippen molar-refractivity contribution in [3.8, 4) is 0 Å². The highest BCUT2D eigenvalue weighted by molar-refractivity contribution is 6.12. The lowest BCUT2D eigenvalue weighted by Gasteiger charge is -2.10. The molecule has 0 aliphatic carbocycles. The molecule has 0 unspecified atom stereocenters. The summed E-state index contributed by atoms with van der Waals surface area (Å²) in [6, 6.07) is 8.45. The van der Waals surface area contributed by atoms with Gasteiger partial charge in [0.2, 0.25) is 0 Å². The summed E-state index contributed by atoms with van der Waals surface area (Å²) < 4.78 is 5.25. The quantitative estimate of drug-likeness (QED) is 0.751. The minimum atomic E-state index is -0.279. The molecule has 1 aromatic carbocycles. The summed E-state index contributed by atoms with van der Waals surface area (Å²) in [6.07, 6.45) is 0. The average Bonchev–Trinajstić information content (AvgIpc) is 3.02. The molecule has 2 heterocycles. The van der Waals surface area contributed by atoms with Gasteiger partial charge in [-0.1, -0.05) is 19.0 Å². The molecule has 0 aliphatic heterocycles. The van der Waals surface area contributed by atoms with Crippen molar-refractivity contribution in [2.45, 2.75) is 26.7 Å². The van der Waals surface area contributed by atoms with Crippen molar-refractivity contribution in [1.29, 1.82) is 0 Å². The fraction of sp³-hybridized carbons (Fsp3) is 0.263. The van der Waals surface area contributed by atoms with Crippen molar-refractivity contribution in [2.75, 3.05) is 12.4 Å². The Hall–Kier alpha value is -3.22. The van der Waals surface area contributed by atoms with Gasteiger partial charge in [-0.05, 0) is 43.2 Å². The average molecular weight is 352 g/mol. The maximum absolute atomic E-state index is 12.8. The standard InChI is InChI=1S/C19H20N4O3/c1-10(2)15-9-14(16-11(3)23-26-19(16)22-15)18(25)21-13-7-5-12(6-8-13)17(24)20-4/h5-10H,1-4H3,(H,20,24)(H,21,25). The number of hydrogen-bond acceptors (Lipinski definition) is 5. The fourth-order valence-corrected chi connectivity index (χ4v) is 2.64. The summed E-state index contributed by atoms with van der Waals surface area (Å²) in [4.78, 5) is 28.9. The second kappa shape index (κ2) is 6.95. The lowest BCUT2D eigenvalue weighted by molar-refractivity contribution is 0.0962. The van der Waals surface area contributed by atoms with Gasteiger partial charge in [0.25, 0.3) is 17.5 Å². The number of rotatable bonds is 4. The number of aromatic nitrogens is 2. The van der Waals surface area contributed by atoms with Gasteiger partial charge >= 0.3 is 0 Å². The van der Waals surface area contributed by atoms with Crippen molar-refractivity contribution in [3.05, 3.63) is 52.8 Å². The molecule has 0 saturated carbocycles. The SMILES string of the molecule is CNC(=O)c1ccc(NC(=O)c2cc(C(C)C)nc3onc(C)c23)cc1. The Morgan fingerprint density at radius 3 is 2.42 bits per heavy atom. The van der Waals surface area contributed by atoms with Gasteiger partial charge in [0.05, 0.1) is 16.6 Å². The number of carbonyl (C=O) groups is 2. The Morgan fingerprint density at radius 1 is 1.12 bits per heavy atom. The van der Waals surface area contributed by atoms with Gasteiger partial charge in [-0.15, -0.1) is 0 Å². The first-order valence-corrected chi connectivity index (χ1v) is 8.31. The molecule has 7 heteroatoms. The topological polar surface area (TPSA) is 97.1 Å². The first-order chi connectivity index (χ1) is 12.4. The minimum absolute atomic E-state index is 0.142. The van der Waals surface area contributed by atoms with Gasteiger partial charge in [-0.2, -0.15) is 0 Å². The minimum Gasteiger partial charge on any atom is -0.355 e. The third-order valence-corrected chi connectivity index (χ3v) is 4.11. The molecule has 0 atom stereocenters. The molecule has 0 aliphatic rings. The molecule has 26 heavy (non-hydrogen) atoms.